The van der Waals surface area contributed by atoms with Gasteiger partial charge in [0.2, 0.25) is 0 Å². The van der Waals surface area contributed by atoms with E-state index in [2.05, 4.69) is 0 Å². The highest BCUT2D eigenvalue weighted by atomic mass is 32.1. The highest BCUT2D eigenvalue weighted by molar-refractivity contribution is 7.19. The van der Waals surface area contributed by atoms with Crippen LogP contribution in [0.5, 0.6) is 11.5 Å². The molecule has 1 atom stereocenters. The zero-order valence-electron chi connectivity index (χ0n) is 15.8. The number of carbonyl (C=O) groups is 2. The number of aliphatic carboxylic acids is 1. The van der Waals surface area contributed by atoms with E-state index in [-0.39, 0.29) is 31.8 Å². The first kappa shape index (κ1) is 22.1. The molecule has 0 fully saturated rings. The van der Waals surface area contributed by atoms with Crippen LogP contribution in [0.25, 0.3) is 10.1 Å². The Bertz CT molecular complexity index is 752. The number of fused-ring (bicyclic) bond motifs is 1. The topological polar surface area (TPSA) is 113 Å². The highest BCUT2D eigenvalue weighted by Crippen LogP contribution is 2.37. The summed E-state index contributed by atoms with van der Waals surface area (Å²) in [5.74, 6) is -0.675. The lowest BCUT2D eigenvalue weighted by Crippen LogP contribution is -2.15. The molecule has 154 valence electrons. The van der Waals surface area contributed by atoms with E-state index in [4.69, 9.17) is 24.8 Å². The molecule has 2 rings (SSSR count). The van der Waals surface area contributed by atoms with Gasteiger partial charge in [-0.15, -0.1) is 11.3 Å². The number of aliphatic hydroxyl groups is 2. The number of aliphatic hydroxyl groups excluding tert-OH is 2. The second kappa shape index (κ2) is 11.0. The Morgan fingerprint density at radius 2 is 1.64 bits per heavy atom. The van der Waals surface area contributed by atoms with Crippen LogP contribution in [0.3, 0.4) is 0 Å². The number of rotatable bonds is 13. The highest BCUT2D eigenvalue weighted by Gasteiger charge is 2.17. The summed E-state index contributed by atoms with van der Waals surface area (Å²) in [7, 11) is 0. The second-order valence-corrected chi connectivity index (χ2v) is 7.73. The van der Waals surface area contributed by atoms with E-state index in [0.29, 0.717) is 37.6 Å². The van der Waals surface area contributed by atoms with E-state index in [0.717, 1.165) is 15.0 Å². The summed E-state index contributed by atoms with van der Waals surface area (Å²) < 4.78 is 12.4. The average molecular weight is 410 g/mol. The van der Waals surface area contributed by atoms with Crippen molar-refractivity contribution in [3.63, 3.8) is 0 Å². The summed E-state index contributed by atoms with van der Waals surface area (Å²) in [5, 5.41) is 27.7. The molecule has 0 bridgehead atoms. The molecule has 28 heavy (non-hydrogen) atoms. The first-order chi connectivity index (χ1) is 13.4. The predicted octanol–water partition coefficient (Wildman–Crippen LogP) is 2.65. The Kier molecular flexibility index (Phi) is 8.69. The van der Waals surface area contributed by atoms with Crippen LogP contribution >= 0.6 is 11.3 Å². The van der Waals surface area contributed by atoms with Crippen LogP contribution < -0.4 is 9.47 Å². The Morgan fingerprint density at radius 3 is 2.21 bits per heavy atom. The van der Waals surface area contributed by atoms with Crippen molar-refractivity contribution in [1.29, 1.82) is 0 Å². The number of hydrogen-bond donors (Lipinski definition) is 3. The van der Waals surface area contributed by atoms with Crippen LogP contribution in [0.1, 0.15) is 31.1 Å². The lowest BCUT2D eigenvalue weighted by molar-refractivity contribution is -0.143. The molecular weight excluding hydrogens is 384 g/mol. The zero-order chi connectivity index (χ0) is 20.5. The van der Waals surface area contributed by atoms with E-state index < -0.39 is 11.9 Å². The largest absolute Gasteiger partial charge is 0.490 e. The van der Waals surface area contributed by atoms with Crippen molar-refractivity contribution in [3.8, 4) is 11.5 Å². The smallest absolute Gasteiger partial charge is 0.306 e. The Labute approximate surface area is 167 Å². The van der Waals surface area contributed by atoms with E-state index >= 15 is 0 Å². The predicted molar refractivity (Wildman–Crippen MR) is 106 cm³/mol. The third-order valence-electron chi connectivity index (χ3n) is 4.08. The molecule has 7 nitrogen and oxygen atoms in total. The summed E-state index contributed by atoms with van der Waals surface area (Å²) in [6, 6.07) is 5.59. The van der Waals surface area contributed by atoms with Gasteiger partial charge in [0.1, 0.15) is 5.78 Å². The Hall–Kier alpha value is -2.16. The Balaban J connectivity index is 2.17. The summed E-state index contributed by atoms with van der Waals surface area (Å²) in [6.45, 7) is 2.28. The number of carboxylic acids is 1. The van der Waals surface area contributed by atoms with Gasteiger partial charge in [0, 0.05) is 54.5 Å². The number of benzene rings is 1. The van der Waals surface area contributed by atoms with Gasteiger partial charge in [-0.2, -0.15) is 0 Å². The van der Waals surface area contributed by atoms with E-state index in [1.54, 1.807) is 0 Å². The minimum Gasteiger partial charge on any atom is -0.490 e. The number of thiophene rings is 1. The molecule has 0 amide bonds. The maximum Gasteiger partial charge on any atom is 0.306 e. The Morgan fingerprint density at radius 1 is 1.04 bits per heavy atom. The summed E-state index contributed by atoms with van der Waals surface area (Å²) in [4.78, 5) is 23.9. The number of carbonyl (C=O) groups excluding carboxylic acids is 1. The third-order valence-corrected chi connectivity index (χ3v) is 5.18. The van der Waals surface area contributed by atoms with Crippen molar-refractivity contribution in [2.75, 3.05) is 26.4 Å². The van der Waals surface area contributed by atoms with Crippen molar-refractivity contribution in [2.24, 2.45) is 5.92 Å². The lowest BCUT2D eigenvalue weighted by atomic mass is 10.0. The monoisotopic (exact) mass is 410 g/mol. The van der Waals surface area contributed by atoms with E-state index in [9.17, 15) is 9.59 Å². The number of Topliss-reactive ketones (excluding diaryl/α,β-unsaturated/α-hetero) is 1. The molecular formula is C20H26O7S. The van der Waals surface area contributed by atoms with E-state index in [1.165, 1.54) is 18.3 Å². The maximum atomic E-state index is 12.1. The zero-order valence-corrected chi connectivity index (χ0v) is 16.7. The summed E-state index contributed by atoms with van der Waals surface area (Å²) in [5.41, 5.74) is 0. The molecule has 0 saturated heterocycles. The molecule has 0 saturated carbocycles. The minimum atomic E-state index is -0.973. The van der Waals surface area contributed by atoms with Crippen molar-refractivity contribution >= 4 is 33.2 Å². The fourth-order valence-electron chi connectivity index (χ4n) is 2.60. The minimum absolute atomic E-state index is 0.00855. The molecule has 8 heteroatoms. The summed E-state index contributed by atoms with van der Waals surface area (Å²) >= 11 is 1.46. The molecule has 0 unspecified atom stereocenters. The van der Waals surface area contributed by atoms with Crippen LogP contribution in [0, 0.1) is 5.92 Å². The fraction of sp³-hybridized carbons (Fsp3) is 0.500. The molecule has 0 aliphatic rings. The number of ether oxygens (including phenoxy) is 2. The molecule has 1 aromatic heterocycles. The van der Waals surface area contributed by atoms with Crippen molar-refractivity contribution in [1.82, 2.24) is 0 Å². The van der Waals surface area contributed by atoms with Gasteiger partial charge >= 0.3 is 5.97 Å². The molecule has 1 heterocycles. The molecule has 1 aromatic carbocycles. The van der Waals surface area contributed by atoms with Gasteiger partial charge in [-0.25, -0.2) is 0 Å². The van der Waals surface area contributed by atoms with Gasteiger partial charge in [-0.05, 0) is 17.5 Å². The van der Waals surface area contributed by atoms with Crippen molar-refractivity contribution in [3.05, 3.63) is 23.1 Å². The first-order valence-corrected chi connectivity index (χ1v) is 10.0. The van der Waals surface area contributed by atoms with Crippen LogP contribution in [0.2, 0.25) is 0 Å². The normalized spacial score (nSPS) is 12.1. The molecule has 0 radical (unpaired) electrons. The standard InChI is InChI=1S/C20H26O7S/c1-13(20(24)25)8-15(23)11-16-9-14-10-17(26-6-2-4-21)18(12-19(14)28-16)27-7-3-5-22/h9-10,12-13,21-22H,2-8,11H2,1H3,(H,24,25)/t13-/m0/s1. The average Bonchev–Trinajstić information content (AvgIpc) is 3.02. The van der Waals surface area contributed by atoms with Crippen LogP contribution in [0.15, 0.2) is 18.2 Å². The molecule has 0 aliphatic carbocycles. The van der Waals surface area contributed by atoms with Crippen LogP contribution in [0.4, 0.5) is 0 Å². The first-order valence-electron chi connectivity index (χ1n) is 9.23. The van der Waals surface area contributed by atoms with Gasteiger partial charge < -0.3 is 24.8 Å². The fourth-order valence-corrected chi connectivity index (χ4v) is 3.71. The van der Waals surface area contributed by atoms with Gasteiger partial charge in [-0.3, -0.25) is 9.59 Å². The van der Waals surface area contributed by atoms with Gasteiger partial charge in [-0.1, -0.05) is 6.92 Å². The summed E-state index contributed by atoms with van der Waals surface area (Å²) in [6.07, 6.45) is 1.20. The van der Waals surface area contributed by atoms with E-state index in [1.807, 2.05) is 18.2 Å². The van der Waals surface area contributed by atoms with Crippen LogP contribution in [-0.4, -0.2) is 53.5 Å². The second-order valence-electron chi connectivity index (χ2n) is 6.56. The number of ketones is 1. The quantitative estimate of drug-likeness (QED) is 0.435. The SMILES string of the molecule is C[C@@H](CC(=O)Cc1cc2cc(OCCCO)c(OCCCO)cc2s1)C(=O)O. The number of carboxylic acid groups (broad SMARTS) is 1. The van der Waals surface area contributed by atoms with Gasteiger partial charge in [0.25, 0.3) is 0 Å². The number of hydrogen-bond acceptors (Lipinski definition) is 7. The van der Waals surface area contributed by atoms with Crippen molar-refractivity contribution in [2.45, 2.75) is 32.6 Å². The lowest BCUT2D eigenvalue weighted by Gasteiger charge is -2.12. The molecule has 3 N–H and O–H groups in total. The molecule has 0 aliphatic heterocycles. The van der Waals surface area contributed by atoms with Crippen molar-refractivity contribution < 1.29 is 34.4 Å². The van der Waals surface area contributed by atoms with Gasteiger partial charge in [0.05, 0.1) is 19.1 Å². The molecule has 0 spiro atoms. The van der Waals surface area contributed by atoms with Gasteiger partial charge in [0.15, 0.2) is 11.5 Å². The molecule has 2 aromatic rings. The third kappa shape index (κ3) is 6.47. The van der Waals surface area contributed by atoms with Crippen LogP contribution in [-0.2, 0) is 16.0 Å². The maximum absolute atomic E-state index is 12.1.